The molecular weight excluding hydrogens is 346 g/mol. The fourth-order valence-corrected chi connectivity index (χ4v) is 3.49. The third-order valence-electron chi connectivity index (χ3n) is 5.20. The van der Waals surface area contributed by atoms with Gasteiger partial charge in [0.05, 0.1) is 0 Å². The van der Waals surface area contributed by atoms with Crippen molar-refractivity contribution in [1.82, 2.24) is 5.32 Å². The van der Waals surface area contributed by atoms with Crippen molar-refractivity contribution in [2.24, 2.45) is 0 Å². The topological polar surface area (TPSA) is 64.9 Å². The Bertz CT molecular complexity index is 932. The Morgan fingerprint density at radius 3 is 2.00 bits per heavy atom. The Labute approximate surface area is 168 Å². The van der Waals surface area contributed by atoms with Crippen molar-refractivity contribution < 1.29 is 4.79 Å². The Morgan fingerprint density at radius 1 is 1.00 bits per heavy atom. The number of carbonyl (C=O) groups is 1. The van der Waals surface area contributed by atoms with E-state index in [1.165, 1.54) is 22.3 Å². The van der Waals surface area contributed by atoms with Gasteiger partial charge in [-0.3, -0.25) is 10.1 Å². The number of hydrogen-bond acceptors (Lipinski definition) is 3. The lowest BCUT2D eigenvalue weighted by Gasteiger charge is -2.20. The molecule has 0 spiro atoms. The third kappa shape index (κ3) is 4.43. The average Bonchev–Trinajstić information content (AvgIpc) is 2.64. The van der Waals surface area contributed by atoms with Gasteiger partial charge < -0.3 is 5.32 Å². The summed E-state index contributed by atoms with van der Waals surface area (Å²) in [4.78, 5) is 11.9. The second kappa shape index (κ2) is 8.75. The molecule has 28 heavy (non-hydrogen) atoms. The van der Waals surface area contributed by atoms with E-state index in [2.05, 4.69) is 76.4 Å². The fraction of sp³-hybridized carbons (Fsp3) is 0.333. The molecule has 0 aliphatic rings. The Kier molecular flexibility index (Phi) is 6.64. The van der Waals surface area contributed by atoms with Gasteiger partial charge in [-0.2, -0.15) is 5.26 Å². The van der Waals surface area contributed by atoms with E-state index >= 15 is 0 Å². The summed E-state index contributed by atoms with van der Waals surface area (Å²) in [5, 5.41) is 14.3. The normalized spacial score (nSPS) is 11.3. The lowest BCUT2D eigenvalue weighted by Crippen LogP contribution is -2.18. The van der Waals surface area contributed by atoms with Crippen molar-refractivity contribution in [3.63, 3.8) is 0 Å². The molecule has 2 aromatic carbocycles. The maximum Gasteiger partial charge on any atom is 0.259 e. The van der Waals surface area contributed by atoms with Crippen LogP contribution in [0.2, 0.25) is 0 Å². The Balaban J connectivity index is 2.54. The average molecular weight is 376 g/mol. The van der Waals surface area contributed by atoms with E-state index in [4.69, 9.17) is 5.26 Å². The molecule has 0 aromatic heterocycles. The van der Waals surface area contributed by atoms with Crippen LogP contribution in [0.3, 0.4) is 0 Å². The minimum atomic E-state index is -0.367. The zero-order chi connectivity index (χ0) is 21.0. The van der Waals surface area contributed by atoms with Crippen molar-refractivity contribution in [2.45, 2.75) is 54.5 Å². The summed E-state index contributed by atoms with van der Waals surface area (Å²) in [5.74, 6) is -0.367. The van der Waals surface area contributed by atoms with E-state index in [9.17, 15) is 4.79 Å². The molecular formula is C24H29N3O. The maximum absolute atomic E-state index is 11.9. The molecule has 0 saturated heterocycles. The maximum atomic E-state index is 11.9. The highest BCUT2D eigenvalue weighted by Crippen LogP contribution is 2.35. The van der Waals surface area contributed by atoms with Gasteiger partial charge in [-0.05, 0) is 106 Å². The van der Waals surface area contributed by atoms with Crippen LogP contribution < -0.4 is 10.6 Å². The zero-order valence-electron chi connectivity index (χ0n) is 17.8. The SMILES string of the molecule is C/C(=C\c1c(C)c(C)c(-c2ccc(NC(C)C)cc2)c(C)c1C)C(=O)NC#N. The number of nitrogens with zero attached hydrogens (tertiary/aromatic N) is 1. The van der Waals surface area contributed by atoms with Crippen LogP contribution in [0.1, 0.15) is 48.6 Å². The van der Waals surface area contributed by atoms with E-state index in [-0.39, 0.29) is 5.91 Å². The second-order valence-corrected chi connectivity index (χ2v) is 7.56. The molecule has 0 heterocycles. The molecule has 1 amide bonds. The first-order valence-electron chi connectivity index (χ1n) is 9.52. The number of anilines is 1. The van der Waals surface area contributed by atoms with Crippen molar-refractivity contribution in [3.05, 3.63) is 57.7 Å². The quantitative estimate of drug-likeness (QED) is 0.417. The van der Waals surface area contributed by atoms with Gasteiger partial charge in [0.1, 0.15) is 0 Å². The smallest absolute Gasteiger partial charge is 0.259 e. The minimum absolute atomic E-state index is 0.367. The Hall–Kier alpha value is -3.06. The monoisotopic (exact) mass is 375 g/mol. The molecule has 0 unspecified atom stereocenters. The van der Waals surface area contributed by atoms with Crippen LogP contribution in [0.5, 0.6) is 0 Å². The van der Waals surface area contributed by atoms with Crippen LogP contribution in [0.25, 0.3) is 17.2 Å². The van der Waals surface area contributed by atoms with Gasteiger partial charge in [-0.25, -0.2) is 0 Å². The summed E-state index contributed by atoms with van der Waals surface area (Å²) in [6.07, 6.45) is 3.56. The van der Waals surface area contributed by atoms with E-state index in [0.717, 1.165) is 22.4 Å². The van der Waals surface area contributed by atoms with E-state index in [1.807, 2.05) is 6.08 Å². The highest BCUT2D eigenvalue weighted by atomic mass is 16.1. The lowest BCUT2D eigenvalue weighted by atomic mass is 9.85. The molecule has 0 aliphatic heterocycles. The van der Waals surface area contributed by atoms with Crippen LogP contribution in [0.15, 0.2) is 29.8 Å². The summed E-state index contributed by atoms with van der Waals surface area (Å²) in [7, 11) is 0. The number of nitriles is 1. The van der Waals surface area contributed by atoms with Gasteiger partial charge in [0.2, 0.25) is 0 Å². The molecule has 0 atom stereocenters. The number of rotatable bonds is 5. The molecule has 4 heteroatoms. The molecule has 2 rings (SSSR count). The van der Waals surface area contributed by atoms with Crippen molar-refractivity contribution >= 4 is 17.7 Å². The third-order valence-corrected chi connectivity index (χ3v) is 5.20. The predicted octanol–water partition coefficient (Wildman–Crippen LogP) is 5.41. The summed E-state index contributed by atoms with van der Waals surface area (Å²) in [5.41, 5.74) is 9.79. The molecule has 146 valence electrons. The zero-order valence-corrected chi connectivity index (χ0v) is 17.8. The van der Waals surface area contributed by atoms with Crippen molar-refractivity contribution in [1.29, 1.82) is 5.26 Å². The van der Waals surface area contributed by atoms with Gasteiger partial charge in [0, 0.05) is 17.3 Å². The van der Waals surface area contributed by atoms with Crippen LogP contribution in [-0.2, 0) is 4.79 Å². The first kappa shape index (κ1) is 21.2. The largest absolute Gasteiger partial charge is 0.383 e. The summed E-state index contributed by atoms with van der Waals surface area (Å²) >= 11 is 0. The van der Waals surface area contributed by atoms with Crippen molar-refractivity contribution in [3.8, 4) is 17.3 Å². The van der Waals surface area contributed by atoms with E-state index in [1.54, 1.807) is 13.1 Å². The van der Waals surface area contributed by atoms with E-state index in [0.29, 0.717) is 11.6 Å². The van der Waals surface area contributed by atoms with Crippen LogP contribution >= 0.6 is 0 Å². The molecule has 0 saturated carbocycles. The lowest BCUT2D eigenvalue weighted by molar-refractivity contribution is -0.116. The first-order valence-corrected chi connectivity index (χ1v) is 9.52. The number of carbonyl (C=O) groups excluding carboxylic acids is 1. The molecule has 4 nitrogen and oxygen atoms in total. The Morgan fingerprint density at radius 2 is 1.54 bits per heavy atom. The number of benzene rings is 2. The molecule has 0 aliphatic carbocycles. The van der Waals surface area contributed by atoms with Crippen LogP contribution in [-0.4, -0.2) is 11.9 Å². The number of hydrogen-bond donors (Lipinski definition) is 2. The van der Waals surface area contributed by atoms with E-state index < -0.39 is 0 Å². The van der Waals surface area contributed by atoms with Crippen LogP contribution in [0.4, 0.5) is 5.69 Å². The highest BCUT2D eigenvalue weighted by Gasteiger charge is 2.16. The molecule has 2 N–H and O–H groups in total. The van der Waals surface area contributed by atoms with Gasteiger partial charge >= 0.3 is 0 Å². The van der Waals surface area contributed by atoms with Gasteiger partial charge in [-0.15, -0.1) is 0 Å². The first-order chi connectivity index (χ1) is 13.2. The minimum Gasteiger partial charge on any atom is -0.383 e. The van der Waals surface area contributed by atoms with Gasteiger partial charge in [-0.1, -0.05) is 12.1 Å². The highest BCUT2D eigenvalue weighted by molar-refractivity contribution is 5.98. The summed E-state index contributed by atoms with van der Waals surface area (Å²) < 4.78 is 0. The second-order valence-electron chi connectivity index (χ2n) is 7.56. The summed E-state index contributed by atoms with van der Waals surface area (Å²) in [6, 6.07) is 8.93. The molecule has 0 radical (unpaired) electrons. The number of amides is 1. The molecule has 0 fully saturated rings. The van der Waals surface area contributed by atoms with Crippen molar-refractivity contribution in [2.75, 3.05) is 5.32 Å². The summed E-state index contributed by atoms with van der Waals surface area (Å²) in [6.45, 7) is 14.4. The van der Waals surface area contributed by atoms with Crippen LogP contribution in [0, 0.1) is 39.1 Å². The fourth-order valence-electron chi connectivity index (χ4n) is 3.49. The standard InChI is InChI=1S/C24H29N3O/c1-14(2)27-21-10-8-20(9-11-21)23-18(6)16(4)22(17(5)19(23)7)12-15(3)24(28)26-13-25/h8-12,14,27H,1-7H3,(H,26,28)/b15-12+. The van der Waals surface area contributed by atoms with Gasteiger partial charge in [0.15, 0.2) is 6.19 Å². The molecule has 2 aromatic rings. The van der Waals surface area contributed by atoms with Gasteiger partial charge in [0.25, 0.3) is 5.91 Å². The number of nitrogens with one attached hydrogen (secondary N) is 2. The molecule has 0 bridgehead atoms. The predicted molar refractivity (Wildman–Crippen MR) is 117 cm³/mol.